The first-order valence-corrected chi connectivity index (χ1v) is 6.44. The second-order valence-corrected chi connectivity index (χ2v) is 5.26. The van der Waals surface area contributed by atoms with E-state index in [1.165, 1.54) is 36.1 Å². The minimum Gasteiger partial charge on any atom is -0.396 e. The summed E-state index contributed by atoms with van der Waals surface area (Å²) in [4.78, 5) is 0. The zero-order chi connectivity index (χ0) is 13.3. The summed E-state index contributed by atoms with van der Waals surface area (Å²) in [5.41, 5.74) is 5.43. The Hall–Kier alpha value is -2.09. The van der Waals surface area contributed by atoms with Gasteiger partial charge in [0.25, 0.3) is 10.0 Å². The fourth-order valence-corrected chi connectivity index (χ4v) is 2.62. The highest BCUT2D eigenvalue weighted by atomic mass is 32.2. The van der Waals surface area contributed by atoms with Gasteiger partial charge in [0.15, 0.2) is 5.03 Å². The Labute approximate surface area is 103 Å². The number of nitrogens with zero attached hydrogens (tertiary/aromatic N) is 2. The Bertz CT molecular complexity index is 681. The van der Waals surface area contributed by atoms with Crippen molar-refractivity contribution in [3.63, 3.8) is 0 Å². The van der Waals surface area contributed by atoms with Gasteiger partial charge in [0.05, 0.1) is 17.6 Å². The molecule has 0 radical (unpaired) electrons. The molecule has 6 nitrogen and oxygen atoms in total. The van der Waals surface area contributed by atoms with Crippen LogP contribution in [-0.4, -0.2) is 18.2 Å². The molecule has 0 amide bonds. The van der Waals surface area contributed by atoms with Crippen LogP contribution in [0.5, 0.6) is 0 Å². The maximum Gasteiger partial charge on any atom is 0.279 e. The molecular weight excluding hydrogens is 259 g/mol. The Morgan fingerprint density at radius 2 is 2.11 bits per heavy atom. The number of aromatic nitrogens is 2. The number of sulfonamides is 1. The van der Waals surface area contributed by atoms with E-state index in [0.29, 0.717) is 0 Å². The lowest BCUT2D eigenvalue weighted by Crippen LogP contribution is -2.16. The molecule has 0 atom stereocenters. The van der Waals surface area contributed by atoms with Crippen molar-refractivity contribution in [3.8, 4) is 0 Å². The second-order valence-electron chi connectivity index (χ2n) is 3.63. The molecule has 1 aromatic carbocycles. The van der Waals surface area contributed by atoms with Gasteiger partial charge in [0, 0.05) is 7.05 Å². The molecule has 0 aliphatic rings. The Kier molecular flexibility index (Phi) is 2.95. The van der Waals surface area contributed by atoms with E-state index in [2.05, 4.69) is 9.82 Å². The zero-order valence-electron chi connectivity index (χ0n) is 9.46. The van der Waals surface area contributed by atoms with Gasteiger partial charge in [-0.15, -0.1) is 0 Å². The SMILES string of the molecule is Cn1nccc1S(=O)(=O)Nc1ccc(F)c(N)c1. The fraction of sp³-hybridized carbons (Fsp3) is 0.100. The molecule has 3 N–H and O–H groups in total. The van der Waals surface area contributed by atoms with Gasteiger partial charge >= 0.3 is 0 Å². The van der Waals surface area contributed by atoms with Crippen LogP contribution in [-0.2, 0) is 17.1 Å². The van der Waals surface area contributed by atoms with E-state index in [0.717, 1.165) is 6.07 Å². The van der Waals surface area contributed by atoms with E-state index in [1.807, 2.05) is 0 Å². The molecule has 0 bridgehead atoms. The van der Waals surface area contributed by atoms with Crippen LogP contribution in [0.1, 0.15) is 0 Å². The number of nitrogens with one attached hydrogen (secondary N) is 1. The molecule has 0 unspecified atom stereocenters. The first-order chi connectivity index (χ1) is 8.40. The summed E-state index contributed by atoms with van der Waals surface area (Å²) in [5.74, 6) is -0.599. The van der Waals surface area contributed by atoms with Crippen LogP contribution >= 0.6 is 0 Å². The number of hydrogen-bond acceptors (Lipinski definition) is 4. The molecule has 2 aromatic rings. The molecule has 0 spiro atoms. The molecule has 96 valence electrons. The predicted molar refractivity (Wildman–Crippen MR) is 64.8 cm³/mol. The van der Waals surface area contributed by atoms with Crippen LogP contribution in [0.15, 0.2) is 35.5 Å². The van der Waals surface area contributed by atoms with Crippen molar-refractivity contribution < 1.29 is 12.8 Å². The monoisotopic (exact) mass is 270 g/mol. The summed E-state index contributed by atoms with van der Waals surface area (Å²) in [6.45, 7) is 0. The van der Waals surface area contributed by atoms with Gasteiger partial charge in [0.1, 0.15) is 5.82 Å². The van der Waals surface area contributed by atoms with E-state index in [1.54, 1.807) is 0 Å². The molecule has 8 heteroatoms. The molecule has 2 rings (SSSR count). The Morgan fingerprint density at radius 1 is 1.39 bits per heavy atom. The molecule has 1 aromatic heterocycles. The van der Waals surface area contributed by atoms with E-state index in [9.17, 15) is 12.8 Å². The average molecular weight is 270 g/mol. The van der Waals surface area contributed by atoms with Crippen molar-refractivity contribution in [1.29, 1.82) is 0 Å². The minimum absolute atomic E-state index is 0.00500. The average Bonchev–Trinajstić information content (AvgIpc) is 2.70. The third kappa shape index (κ3) is 2.28. The number of aryl methyl sites for hydroxylation is 1. The van der Waals surface area contributed by atoms with Crippen LogP contribution in [0.25, 0.3) is 0 Å². The molecule has 0 aliphatic heterocycles. The number of rotatable bonds is 3. The highest BCUT2D eigenvalue weighted by Crippen LogP contribution is 2.19. The topological polar surface area (TPSA) is 90.0 Å². The number of nitrogens with two attached hydrogens (primary N) is 1. The van der Waals surface area contributed by atoms with Crippen LogP contribution in [0.3, 0.4) is 0 Å². The van der Waals surface area contributed by atoms with Crippen molar-refractivity contribution >= 4 is 21.4 Å². The molecule has 0 saturated carbocycles. The summed E-state index contributed by atoms with van der Waals surface area (Å²) in [5, 5.41) is 3.77. The summed E-state index contributed by atoms with van der Waals surface area (Å²) in [6, 6.07) is 4.95. The van der Waals surface area contributed by atoms with Gasteiger partial charge in [-0.25, -0.2) is 4.39 Å². The maximum atomic E-state index is 13.0. The largest absolute Gasteiger partial charge is 0.396 e. The number of benzene rings is 1. The van der Waals surface area contributed by atoms with Crippen molar-refractivity contribution in [2.24, 2.45) is 7.05 Å². The smallest absolute Gasteiger partial charge is 0.279 e. The number of halogens is 1. The Morgan fingerprint density at radius 3 is 2.67 bits per heavy atom. The summed E-state index contributed by atoms with van der Waals surface area (Å²) >= 11 is 0. The summed E-state index contributed by atoms with van der Waals surface area (Å²) in [6.07, 6.45) is 1.37. The maximum absolute atomic E-state index is 13.0. The lowest BCUT2D eigenvalue weighted by atomic mass is 10.3. The molecule has 1 heterocycles. The lowest BCUT2D eigenvalue weighted by Gasteiger charge is -2.08. The first kappa shape index (κ1) is 12.4. The highest BCUT2D eigenvalue weighted by Gasteiger charge is 2.18. The Balaban J connectivity index is 2.34. The van der Waals surface area contributed by atoms with Gasteiger partial charge in [-0.05, 0) is 24.3 Å². The minimum atomic E-state index is -3.76. The van der Waals surface area contributed by atoms with Crippen LogP contribution in [0.4, 0.5) is 15.8 Å². The molecular formula is C10H11FN4O2S. The quantitative estimate of drug-likeness (QED) is 0.812. The van der Waals surface area contributed by atoms with E-state index in [-0.39, 0.29) is 16.4 Å². The summed E-state index contributed by atoms with van der Waals surface area (Å²) < 4.78 is 40.4. The molecule has 18 heavy (non-hydrogen) atoms. The van der Waals surface area contributed by atoms with Crippen LogP contribution < -0.4 is 10.5 Å². The van der Waals surface area contributed by atoms with Crippen LogP contribution in [0, 0.1) is 5.82 Å². The number of anilines is 2. The lowest BCUT2D eigenvalue weighted by molar-refractivity contribution is 0.582. The third-order valence-electron chi connectivity index (χ3n) is 2.30. The molecule has 0 saturated heterocycles. The second kappa shape index (κ2) is 4.30. The number of nitrogen functional groups attached to an aromatic ring is 1. The zero-order valence-corrected chi connectivity index (χ0v) is 10.3. The van der Waals surface area contributed by atoms with Crippen molar-refractivity contribution in [1.82, 2.24) is 9.78 Å². The van der Waals surface area contributed by atoms with Gasteiger partial charge in [-0.2, -0.15) is 13.5 Å². The van der Waals surface area contributed by atoms with E-state index >= 15 is 0 Å². The number of hydrogen-bond donors (Lipinski definition) is 2. The fourth-order valence-electron chi connectivity index (χ4n) is 1.44. The summed E-state index contributed by atoms with van der Waals surface area (Å²) in [7, 11) is -2.25. The predicted octanol–water partition coefficient (Wildman–Crippen LogP) is 0.942. The van der Waals surface area contributed by atoms with Gasteiger partial charge in [-0.1, -0.05) is 0 Å². The van der Waals surface area contributed by atoms with Gasteiger partial charge < -0.3 is 5.73 Å². The normalized spacial score (nSPS) is 11.4. The third-order valence-corrected chi connectivity index (χ3v) is 3.75. The van der Waals surface area contributed by atoms with Crippen molar-refractivity contribution in [2.45, 2.75) is 5.03 Å². The molecule has 0 fully saturated rings. The van der Waals surface area contributed by atoms with Gasteiger partial charge in [-0.3, -0.25) is 9.40 Å². The van der Waals surface area contributed by atoms with Gasteiger partial charge in [0.2, 0.25) is 0 Å². The molecule has 0 aliphatic carbocycles. The van der Waals surface area contributed by atoms with Crippen molar-refractivity contribution in [2.75, 3.05) is 10.5 Å². The van der Waals surface area contributed by atoms with E-state index in [4.69, 9.17) is 5.73 Å². The first-order valence-electron chi connectivity index (χ1n) is 4.96. The van der Waals surface area contributed by atoms with E-state index < -0.39 is 15.8 Å². The van der Waals surface area contributed by atoms with Crippen LogP contribution in [0.2, 0.25) is 0 Å². The van der Waals surface area contributed by atoms with Crippen molar-refractivity contribution in [3.05, 3.63) is 36.3 Å². The highest BCUT2D eigenvalue weighted by molar-refractivity contribution is 7.92. The standard InChI is InChI=1S/C10H11FN4O2S/c1-15-10(4-5-13-15)18(16,17)14-7-2-3-8(11)9(12)6-7/h2-6,14H,12H2,1H3.